The van der Waals surface area contributed by atoms with Crippen molar-refractivity contribution in [2.45, 2.75) is 11.4 Å². The van der Waals surface area contributed by atoms with Crippen LogP contribution in [-0.2, 0) is 40.5 Å². The highest BCUT2D eigenvalue weighted by molar-refractivity contribution is 7.89. The number of aliphatic carboxylic acids is 4. The Labute approximate surface area is 281 Å². The molecule has 0 saturated heterocycles. The first-order chi connectivity index (χ1) is 22.5. The average molecular weight is 712 g/mol. The first-order valence-electron chi connectivity index (χ1n) is 14.1. The van der Waals surface area contributed by atoms with E-state index < -0.39 is 66.0 Å². The number of benzene rings is 2. The van der Waals surface area contributed by atoms with Gasteiger partial charge in [-0.05, 0) is 54.2 Å². The van der Waals surface area contributed by atoms with E-state index in [9.17, 15) is 42.6 Å². The van der Waals surface area contributed by atoms with Crippen LogP contribution in [0.5, 0.6) is 0 Å². The first-order valence-corrected chi connectivity index (χ1v) is 16.1. The SMILES string of the molecule is NS(=O)(=O)c1ccc(NC(=S)Nc2ccc(CNC(=O)CN(CCN(CCN(CC(=O)O)CC(=O)O)CC(=O)O)CC(=O)O)cc2)cc1. The molecule has 0 unspecified atom stereocenters. The lowest BCUT2D eigenvalue weighted by molar-refractivity contribution is -0.143. The van der Waals surface area contributed by atoms with Crippen LogP contribution in [0.4, 0.5) is 11.4 Å². The van der Waals surface area contributed by atoms with E-state index >= 15 is 0 Å². The van der Waals surface area contributed by atoms with Gasteiger partial charge in [0.15, 0.2) is 5.11 Å². The number of thiocarbonyl (C=S) groups is 1. The Hall–Kier alpha value is -4.73. The maximum atomic E-state index is 12.7. The van der Waals surface area contributed by atoms with E-state index in [1.54, 1.807) is 24.3 Å². The standard InChI is InChI=1S/C28H37N7O11S2/c29-48(45,46)22-7-5-21(6-8-22)32-28(47)31-20-3-1-19(2-4-20)13-30-23(36)14-34(16-25(39)40)11-9-33(15-24(37)38)10-12-35(17-26(41)42)18-27(43)44/h1-8H,9-18H2,(H,30,36)(H,37,38)(H,39,40)(H,41,42)(H,43,44)(H2,29,45,46)(H2,31,32,47). The summed E-state index contributed by atoms with van der Waals surface area (Å²) in [5, 5.41) is 50.5. The fraction of sp³-hybridized carbons (Fsp3) is 0.357. The van der Waals surface area contributed by atoms with E-state index in [4.69, 9.17) is 27.6 Å². The average Bonchev–Trinajstić information content (AvgIpc) is 2.96. The zero-order valence-corrected chi connectivity index (χ0v) is 27.2. The summed E-state index contributed by atoms with van der Waals surface area (Å²) in [5.41, 5.74) is 1.87. The van der Waals surface area contributed by atoms with Crippen LogP contribution in [0.3, 0.4) is 0 Å². The van der Waals surface area contributed by atoms with Gasteiger partial charge in [0.1, 0.15) is 0 Å². The maximum Gasteiger partial charge on any atom is 0.317 e. The highest BCUT2D eigenvalue weighted by Gasteiger charge is 2.19. The molecule has 0 fully saturated rings. The van der Waals surface area contributed by atoms with Crippen LogP contribution in [0.25, 0.3) is 0 Å². The van der Waals surface area contributed by atoms with Gasteiger partial charge in [0.25, 0.3) is 0 Å². The fourth-order valence-electron chi connectivity index (χ4n) is 4.22. The minimum atomic E-state index is -3.82. The molecule has 18 nitrogen and oxygen atoms in total. The van der Waals surface area contributed by atoms with Gasteiger partial charge >= 0.3 is 23.9 Å². The Kier molecular flexibility index (Phi) is 15.8. The fourth-order valence-corrected chi connectivity index (χ4v) is 4.97. The molecule has 0 aliphatic rings. The van der Waals surface area contributed by atoms with Crippen molar-refractivity contribution >= 4 is 68.5 Å². The zero-order valence-electron chi connectivity index (χ0n) is 25.6. The number of carbonyl (C=O) groups excluding carboxylic acids is 1. The van der Waals surface area contributed by atoms with Gasteiger partial charge in [0, 0.05) is 44.1 Å². The molecule has 0 spiro atoms. The molecule has 48 heavy (non-hydrogen) atoms. The number of nitrogens with one attached hydrogen (secondary N) is 3. The molecule has 0 radical (unpaired) electrons. The molecular weight excluding hydrogens is 674 g/mol. The van der Waals surface area contributed by atoms with E-state index in [2.05, 4.69) is 16.0 Å². The van der Waals surface area contributed by atoms with Crippen molar-refractivity contribution in [2.75, 3.05) is 69.5 Å². The molecule has 20 heteroatoms. The van der Waals surface area contributed by atoms with Gasteiger partial charge in [0.2, 0.25) is 15.9 Å². The third-order valence-electron chi connectivity index (χ3n) is 6.41. The number of nitrogens with zero attached hydrogens (tertiary/aromatic N) is 3. The van der Waals surface area contributed by atoms with Gasteiger partial charge in [-0.1, -0.05) is 12.1 Å². The number of carboxylic acids is 4. The highest BCUT2D eigenvalue weighted by Crippen LogP contribution is 2.14. The predicted octanol–water partition coefficient (Wildman–Crippen LogP) is -0.996. The smallest absolute Gasteiger partial charge is 0.317 e. The van der Waals surface area contributed by atoms with Gasteiger partial charge in [-0.25, -0.2) is 13.6 Å². The first kappa shape index (κ1) is 39.4. The van der Waals surface area contributed by atoms with Gasteiger partial charge in [-0.15, -0.1) is 0 Å². The van der Waals surface area contributed by atoms with Gasteiger partial charge in [-0.2, -0.15) is 0 Å². The van der Waals surface area contributed by atoms with E-state index in [-0.39, 0.29) is 49.3 Å². The van der Waals surface area contributed by atoms with Gasteiger partial charge in [-0.3, -0.25) is 38.7 Å². The molecule has 0 atom stereocenters. The second-order valence-corrected chi connectivity index (χ2v) is 12.4. The van der Waals surface area contributed by atoms with Gasteiger partial charge in [0.05, 0.1) is 37.6 Å². The maximum absolute atomic E-state index is 12.7. The Morgan fingerprint density at radius 3 is 1.42 bits per heavy atom. The number of hydrogen-bond acceptors (Lipinski definition) is 11. The molecule has 0 aliphatic heterocycles. The quantitative estimate of drug-likeness (QED) is 0.0722. The number of nitrogens with two attached hydrogens (primary N) is 1. The van der Waals surface area contributed by atoms with E-state index in [1.165, 1.54) is 34.1 Å². The number of carbonyl (C=O) groups is 5. The number of hydrogen-bond donors (Lipinski definition) is 8. The lowest BCUT2D eigenvalue weighted by Crippen LogP contribution is -2.46. The van der Waals surface area contributed by atoms with Crippen LogP contribution >= 0.6 is 12.2 Å². The second-order valence-electron chi connectivity index (χ2n) is 10.4. The summed E-state index contributed by atoms with van der Waals surface area (Å²) in [6, 6.07) is 12.6. The minimum Gasteiger partial charge on any atom is -0.480 e. The number of sulfonamides is 1. The largest absolute Gasteiger partial charge is 0.480 e. The normalized spacial score (nSPS) is 11.3. The van der Waals surface area contributed by atoms with Crippen LogP contribution in [0, 0.1) is 0 Å². The van der Waals surface area contributed by atoms with Crippen LogP contribution in [0.15, 0.2) is 53.4 Å². The molecule has 2 aromatic carbocycles. The van der Waals surface area contributed by atoms with Crippen molar-refractivity contribution in [1.29, 1.82) is 0 Å². The van der Waals surface area contributed by atoms with Gasteiger partial charge < -0.3 is 36.4 Å². The highest BCUT2D eigenvalue weighted by atomic mass is 32.2. The van der Waals surface area contributed by atoms with Crippen LogP contribution in [0.1, 0.15) is 5.56 Å². The summed E-state index contributed by atoms with van der Waals surface area (Å²) < 4.78 is 22.8. The van der Waals surface area contributed by atoms with Crippen molar-refractivity contribution in [3.63, 3.8) is 0 Å². The lowest BCUT2D eigenvalue weighted by atomic mass is 10.2. The molecule has 0 aliphatic carbocycles. The number of amides is 1. The Bertz CT molecular complexity index is 1540. The number of anilines is 2. The van der Waals surface area contributed by atoms with Crippen molar-refractivity contribution in [3.8, 4) is 0 Å². The molecular formula is C28H37N7O11S2. The molecule has 2 rings (SSSR count). The second kappa shape index (κ2) is 19.2. The summed E-state index contributed by atoms with van der Waals surface area (Å²) in [6.07, 6.45) is 0. The molecule has 2 aromatic rings. The lowest BCUT2D eigenvalue weighted by Gasteiger charge is -2.27. The summed E-state index contributed by atoms with van der Waals surface area (Å²) in [6.45, 7) is -2.40. The molecule has 0 saturated carbocycles. The van der Waals surface area contributed by atoms with Crippen molar-refractivity contribution in [3.05, 3.63) is 54.1 Å². The summed E-state index contributed by atoms with van der Waals surface area (Å²) in [5.74, 6) is -5.40. The predicted molar refractivity (Wildman–Crippen MR) is 176 cm³/mol. The van der Waals surface area contributed by atoms with Crippen molar-refractivity contribution in [1.82, 2.24) is 20.0 Å². The van der Waals surface area contributed by atoms with E-state index in [1.807, 2.05) is 0 Å². The molecule has 262 valence electrons. The number of rotatable bonds is 21. The monoisotopic (exact) mass is 711 g/mol. The molecule has 0 bridgehead atoms. The minimum absolute atomic E-state index is 0.00689. The Balaban J connectivity index is 1.89. The molecule has 0 aromatic heterocycles. The number of primary sulfonamides is 1. The third-order valence-corrected chi connectivity index (χ3v) is 7.54. The summed E-state index contributed by atoms with van der Waals surface area (Å²) in [7, 11) is -3.82. The summed E-state index contributed by atoms with van der Waals surface area (Å²) in [4.78, 5) is 61.3. The molecule has 0 heterocycles. The van der Waals surface area contributed by atoms with E-state index in [0.717, 1.165) is 10.5 Å². The van der Waals surface area contributed by atoms with Crippen molar-refractivity contribution in [2.24, 2.45) is 5.14 Å². The van der Waals surface area contributed by atoms with Crippen LogP contribution in [-0.4, -0.2) is 137 Å². The molecule has 1 amide bonds. The third kappa shape index (κ3) is 16.2. The Morgan fingerprint density at radius 2 is 1.00 bits per heavy atom. The van der Waals surface area contributed by atoms with Crippen molar-refractivity contribution < 1.29 is 52.8 Å². The molecule has 9 N–H and O–H groups in total. The topological polar surface area (TPSA) is 272 Å². The number of carboxylic acid groups (broad SMARTS) is 4. The van der Waals surface area contributed by atoms with Crippen LogP contribution < -0.4 is 21.1 Å². The van der Waals surface area contributed by atoms with Crippen LogP contribution in [0.2, 0.25) is 0 Å². The van der Waals surface area contributed by atoms with E-state index in [0.29, 0.717) is 11.4 Å². The summed E-state index contributed by atoms with van der Waals surface area (Å²) >= 11 is 5.28. The zero-order chi connectivity index (χ0) is 35.9. The Morgan fingerprint density at radius 1 is 0.625 bits per heavy atom.